The Hall–Kier alpha value is -6.63. The van der Waals surface area contributed by atoms with Gasteiger partial charge in [-0.1, -0.05) is 109 Å². The SMILES string of the molecule is c1ccc(-c2nc(-c3ccc4oc5cccc(-c6ccc7c(c6)sc6ccccc67)c5c4c3)nc(-n3c4ccccc4c4ccccc43)n2)cc1. The van der Waals surface area contributed by atoms with E-state index in [2.05, 4.69) is 114 Å². The zero-order valence-corrected chi connectivity index (χ0v) is 27.9. The molecule has 0 N–H and O–H groups in total. The van der Waals surface area contributed by atoms with E-state index in [1.165, 1.54) is 20.2 Å². The van der Waals surface area contributed by atoms with Crippen molar-refractivity contribution in [2.45, 2.75) is 0 Å². The number of fused-ring (bicyclic) bond motifs is 9. The van der Waals surface area contributed by atoms with Crippen molar-refractivity contribution in [1.29, 1.82) is 0 Å². The number of hydrogen-bond acceptors (Lipinski definition) is 5. The summed E-state index contributed by atoms with van der Waals surface area (Å²) in [6, 6.07) is 54.9. The number of benzene rings is 7. The molecule has 4 heterocycles. The Bertz CT molecular complexity index is 3100. The fourth-order valence-electron chi connectivity index (χ4n) is 7.55. The minimum absolute atomic E-state index is 0.575. The number of thiophene rings is 1. The van der Waals surface area contributed by atoms with E-state index in [-0.39, 0.29) is 0 Å². The van der Waals surface area contributed by atoms with Crippen LogP contribution in [0.1, 0.15) is 0 Å². The summed E-state index contributed by atoms with van der Waals surface area (Å²) in [7, 11) is 0. The van der Waals surface area contributed by atoms with Crippen molar-refractivity contribution in [3.8, 4) is 39.9 Å². The molecular weight excluding hydrogens is 645 g/mol. The van der Waals surface area contributed by atoms with E-state index in [4.69, 9.17) is 19.4 Å². The predicted molar refractivity (Wildman–Crippen MR) is 211 cm³/mol. The summed E-state index contributed by atoms with van der Waals surface area (Å²) in [5.41, 5.74) is 7.88. The Morgan fingerprint density at radius 1 is 0.431 bits per heavy atom. The lowest BCUT2D eigenvalue weighted by molar-refractivity contribution is 0.669. The van der Waals surface area contributed by atoms with Gasteiger partial charge in [-0.2, -0.15) is 9.97 Å². The van der Waals surface area contributed by atoms with Gasteiger partial charge in [0.25, 0.3) is 0 Å². The van der Waals surface area contributed by atoms with E-state index >= 15 is 0 Å². The highest BCUT2D eigenvalue weighted by atomic mass is 32.1. The summed E-state index contributed by atoms with van der Waals surface area (Å²) < 4.78 is 11.2. The molecule has 0 amide bonds. The summed E-state index contributed by atoms with van der Waals surface area (Å²) in [5.74, 6) is 1.79. The number of furan rings is 1. The van der Waals surface area contributed by atoms with Crippen molar-refractivity contribution in [2.24, 2.45) is 0 Å². The minimum Gasteiger partial charge on any atom is -0.456 e. The molecule has 11 aromatic rings. The molecule has 0 unspecified atom stereocenters. The molecular formula is C45H26N4OS. The Morgan fingerprint density at radius 2 is 1.10 bits per heavy atom. The first-order valence-corrected chi connectivity index (χ1v) is 17.8. The zero-order chi connectivity index (χ0) is 33.5. The van der Waals surface area contributed by atoms with E-state index in [1.807, 2.05) is 59.9 Å². The van der Waals surface area contributed by atoms with Gasteiger partial charge in [-0.05, 0) is 59.7 Å². The molecule has 6 heteroatoms. The normalized spacial score (nSPS) is 11.9. The second-order valence-electron chi connectivity index (χ2n) is 12.8. The average Bonchev–Trinajstić information content (AvgIpc) is 3.87. The van der Waals surface area contributed by atoms with Crippen molar-refractivity contribution in [3.63, 3.8) is 0 Å². The molecule has 0 fully saturated rings. The Kier molecular flexibility index (Phi) is 6.05. The van der Waals surface area contributed by atoms with Gasteiger partial charge in [0, 0.05) is 52.8 Å². The van der Waals surface area contributed by atoms with Crippen LogP contribution in [0.4, 0.5) is 0 Å². The Labute approximate surface area is 295 Å². The number of rotatable bonds is 4. The standard InChI is InChI=1S/C45H26N4OS/c1-2-11-27(12-3-1)43-46-44(48-45(47-43)49-36-17-7-4-13-31(36)32-14-5-8-18-37(32)49)29-22-24-38-35(25-29)42-30(16-10-19-39(42)50-38)28-21-23-34-33-15-6-9-20-40(33)51-41(34)26-28/h1-26H. The van der Waals surface area contributed by atoms with Crippen LogP contribution in [-0.4, -0.2) is 19.5 Å². The molecule has 5 nitrogen and oxygen atoms in total. The maximum Gasteiger partial charge on any atom is 0.238 e. The van der Waals surface area contributed by atoms with Crippen LogP contribution >= 0.6 is 11.3 Å². The van der Waals surface area contributed by atoms with Crippen LogP contribution in [0.15, 0.2) is 162 Å². The third-order valence-electron chi connectivity index (χ3n) is 9.88. The summed E-state index contributed by atoms with van der Waals surface area (Å²) in [6.07, 6.45) is 0. The van der Waals surface area contributed by atoms with E-state index in [9.17, 15) is 0 Å². The molecule has 4 aromatic heterocycles. The van der Waals surface area contributed by atoms with Gasteiger partial charge in [0.1, 0.15) is 11.2 Å². The Balaban J connectivity index is 1.13. The van der Waals surface area contributed by atoms with Gasteiger partial charge in [-0.15, -0.1) is 11.3 Å². The first kappa shape index (κ1) is 28.2. The van der Waals surface area contributed by atoms with E-state index in [1.54, 1.807) is 0 Å². The number of nitrogens with zero attached hydrogens (tertiary/aromatic N) is 4. The fourth-order valence-corrected chi connectivity index (χ4v) is 8.69. The summed E-state index contributed by atoms with van der Waals surface area (Å²) in [5, 5.41) is 7.00. The molecule has 11 rings (SSSR count). The van der Waals surface area contributed by atoms with Gasteiger partial charge in [-0.25, -0.2) is 4.98 Å². The zero-order valence-electron chi connectivity index (χ0n) is 27.1. The maximum absolute atomic E-state index is 6.46. The largest absolute Gasteiger partial charge is 0.456 e. The van der Waals surface area contributed by atoms with Crippen LogP contribution in [0.2, 0.25) is 0 Å². The van der Waals surface area contributed by atoms with Crippen molar-refractivity contribution < 1.29 is 4.42 Å². The smallest absolute Gasteiger partial charge is 0.238 e. The summed E-state index contributed by atoms with van der Waals surface area (Å²) in [4.78, 5) is 15.4. The number of aromatic nitrogens is 4. The molecule has 0 aliphatic heterocycles. The highest BCUT2D eigenvalue weighted by Gasteiger charge is 2.19. The second kappa shape index (κ2) is 10.9. The van der Waals surface area contributed by atoms with E-state index in [0.29, 0.717) is 17.6 Å². The third-order valence-corrected chi connectivity index (χ3v) is 11.0. The van der Waals surface area contributed by atoms with Gasteiger partial charge in [-0.3, -0.25) is 4.57 Å². The van der Waals surface area contributed by atoms with Crippen molar-refractivity contribution in [2.75, 3.05) is 0 Å². The lowest BCUT2D eigenvalue weighted by Gasteiger charge is -2.11. The monoisotopic (exact) mass is 670 g/mol. The first-order valence-electron chi connectivity index (χ1n) is 16.9. The Morgan fingerprint density at radius 3 is 1.90 bits per heavy atom. The highest BCUT2D eigenvalue weighted by molar-refractivity contribution is 7.25. The van der Waals surface area contributed by atoms with Crippen LogP contribution < -0.4 is 0 Å². The molecule has 0 radical (unpaired) electrons. The third kappa shape index (κ3) is 4.37. The lowest BCUT2D eigenvalue weighted by atomic mass is 9.98. The van der Waals surface area contributed by atoms with Gasteiger partial charge >= 0.3 is 0 Å². The van der Waals surface area contributed by atoms with E-state index < -0.39 is 0 Å². The molecule has 0 aliphatic rings. The van der Waals surface area contributed by atoms with Gasteiger partial charge in [0.2, 0.25) is 5.95 Å². The number of hydrogen-bond donors (Lipinski definition) is 0. The minimum atomic E-state index is 0.575. The fraction of sp³-hybridized carbons (Fsp3) is 0. The topological polar surface area (TPSA) is 56.7 Å². The molecule has 7 aromatic carbocycles. The van der Waals surface area contributed by atoms with Crippen LogP contribution in [0, 0.1) is 0 Å². The van der Waals surface area contributed by atoms with Gasteiger partial charge < -0.3 is 4.42 Å². The van der Waals surface area contributed by atoms with Gasteiger partial charge in [0.15, 0.2) is 11.6 Å². The molecule has 0 atom stereocenters. The quantitative estimate of drug-likeness (QED) is 0.187. The molecule has 0 saturated carbocycles. The molecule has 238 valence electrons. The van der Waals surface area contributed by atoms with Crippen molar-refractivity contribution in [1.82, 2.24) is 19.5 Å². The second-order valence-corrected chi connectivity index (χ2v) is 13.9. The lowest BCUT2D eigenvalue weighted by Crippen LogP contribution is -2.06. The van der Waals surface area contributed by atoms with Crippen LogP contribution in [-0.2, 0) is 0 Å². The van der Waals surface area contributed by atoms with Crippen LogP contribution in [0.5, 0.6) is 0 Å². The van der Waals surface area contributed by atoms with Crippen molar-refractivity contribution in [3.05, 3.63) is 158 Å². The molecule has 0 aliphatic carbocycles. The average molecular weight is 671 g/mol. The molecule has 0 spiro atoms. The van der Waals surface area contributed by atoms with Crippen LogP contribution in [0.3, 0.4) is 0 Å². The van der Waals surface area contributed by atoms with Crippen molar-refractivity contribution >= 4 is 75.3 Å². The maximum atomic E-state index is 6.46. The van der Waals surface area contributed by atoms with Gasteiger partial charge in [0.05, 0.1) is 11.0 Å². The predicted octanol–water partition coefficient (Wildman–Crippen LogP) is 12.2. The number of para-hydroxylation sites is 2. The molecule has 0 saturated heterocycles. The molecule has 51 heavy (non-hydrogen) atoms. The van der Waals surface area contributed by atoms with Crippen LogP contribution in [0.25, 0.3) is 104 Å². The summed E-state index contributed by atoms with van der Waals surface area (Å²) >= 11 is 1.83. The highest BCUT2D eigenvalue weighted by Crippen LogP contribution is 2.41. The van der Waals surface area contributed by atoms with E-state index in [0.717, 1.165) is 66.0 Å². The summed E-state index contributed by atoms with van der Waals surface area (Å²) in [6.45, 7) is 0. The molecule has 0 bridgehead atoms. The first-order chi connectivity index (χ1) is 25.3.